The second kappa shape index (κ2) is 11.2. The van der Waals surface area contributed by atoms with Gasteiger partial charge in [0, 0.05) is 41.7 Å². The van der Waals surface area contributed by atoms with Crippen LogP contribution in [-0.2, 0) is 22.4 Å². The van der Waals surface area contributed by atoms with Gasteiger partial charge >= 0.3 is 6.16 Å². The number of aromatic nitrogens is 3. The molecule has 0 spiro atoms. The fourth-order valence-electron chi connectivity index (χ4n) is 5.46. The Morgan fingerprint density at radius 1 is 1.21 bits per heavy atom. The van der Waals surface area contributed by atoms with E-state index in [9.17, 15) is 14.0 Å². The molecule has 0 N–H and O–H groups in total. The molecular weight excluding hydrogens is 491 g/mol. The van der Waals surface area contributed by atoms with Crippen LogP contribution in [0.5, 0.6) is 0 Å². The van der Waals surface area contributed by atoms with Crippen molar-refractivity contribution in [1.82, 2.24) is 19.6 Å². The van der Waals surface area contributed by atoms with Gasteiger partial charge in [0.05, 0.1) is 12.3 Å². The van der Waals surface area contributed by atoms with Gasteiger partial charge in [-0.25, -0.2) is 14.2 Å². The Balaban J connectivity index is 1.20. The van der Waals surface area contributed by atoms with Crippen molar-refractivity contribution < 1.29 is 23.2 Å². The van der Waals surface area contributed by atoms with Gasteiger partial charge in [-0.15, -0.1) is 0 Å². The largest absolute Gasteiger partial charge is 0.509 e. The summed E-state index contributed by atoms with van der Waals surface area (Å²) < 4.78 is 31.2. The van der Waals surface area contributed by atoms with Gasteiger partial charge in [0.1, 0.15) is 5.82 Å². The van der Waals surface area contributed by atoms with Gasteiger partial charge in [0.2, 0.25) is 0 Å². The summed E-state index contributed by atoms with van der Waals surface area (Å²) in [6, 6.07) is 4.56. The number of nitrogens with zero attached hydrogens (tertiary/aromatic N) is 4. The minimum absolute atomic E-state index is 0.0486. The highest BCUT2D eigenvalue weighted by atomic mass is 19.1. The Morgan fingerprint density at radius 2 is 2.00 bits per heavy atom. The van der Waals surface area contributed by atoms with Crippen molar-refractivity contribution in [3.05, 3.63) is 57.1 Å². The summed E-state index contributed by atoms with van der Waals surface area (Å²) in [7, 11) is 0. The Morgan fingerprint density at radius 3 is 2.76 bits per heavy atom. The molecule has 1 fully saturated rings. The third-order valence-corrected chi connectivity index (χ3v) is 7.52. The zero-order chi connectivity index (χ0) is 26.8. The molecule has 0 radical (unpaired) electrons. The molecule has 9 nitrogen and oxygen atoms in total. The van der Waals surface area contributed by atoms with Gasteiger partial charge in [-0.3, -0.25) is 9.36 Å². The van der Waals surface area contributed by atoms with E-state index in [-0.39, 0.29) is 29.8 Å². The molecule has 1 atom stereocenters. The van der Waals surface area contributed by atoms with Crippen LogP contribution in [0.1, 0.15) is 74.3 Å². The van der Waals surface area contributed by atoms with E-state index in [1.165, 1.54) is 12.1 Å². The summed E-state index contributed by atoms with van der Waals surface area (Å²) >= 11 is 0. The van der Waals surface area contributed by atoms with Crippen LogP contribution in [0.15, 0.2) is 27.5 Å². The molecule has 3 aromatic rings. The Labute approximate surface area is 220 Å². The van der Waals surface area contributed by atoms with E-state index in [4.69, 9.17) is 19.0 Å². The molecule has 4 heterocycles. The number of aryl methyl sites for hydroxylation is 1. The molecule has 2 aliphatic heterocycles. The predicted octanol–water partition coefficient (Wildman–Crippen LogP) is 4.90. The molecule has 0 amide bonds. The first-order chi connectivity index (χ1) is 18.3. The Hall–Kier alpha value is -3.27. The van der Waals surface area contributed by atoms with Crippen LogP contribution < -0.4 is 5.56 Å². The first-order valence-electron chi connectivity index (χ1n) is 13.5. The average Bonchev–Trinajstić information content (AvgIpc) is 3.31. The molecular formula is C28H35FN4O5. The molecule has 1 unspecified atom stereocenters. The third-order valence-electron chi connectivity index (χ3n) is 7.52. The number of fused-ring (bicyclic) bond motifs is 2. The second-order valence-electron chi connectivity index (χ2n) is 10.8. The highest BCUT2D eigenvalue weighted by Gasteiger charge is 2.29. The Kier molecular flexibility index (Phi) is 7.78. The monoisotopic (exact) mass is 526 g/mol. The molecule has 38 heavy (non-hydrogen) atoms. The van der Waals surface area contributed by atoms with Gasteiger partial charge < -0.3 is 18.9 Å². The molecule has 0 saturated carbocycles. The van der Waals surface area contributed by atoms with Crippen molar-refractivity contribution in [3.8, 4) is 0 Å². The molecule has 1 saturated heterocycles. The predicted molar refractivity (Wildman–Crippen MR) is 139 cm³/mol. The number of hydrogen-bond donors (Lipinski definition) is 0. The van der Waals surface area contributed by atoms with Gasteiger partial charge in [0.25, 0.3) is 5.56 Å². The number of rotatable bonds is 7. The normalized spacial score (nSPS) is 18.6. The third kappa shape index (κ3) is 5.60. The van der Waals surface area contributed by atoms with E-state index in [0.717, 1.165) is 50.0 Å². The van der Waals surface area contributed by atoms with Crippen LogP contribution in [0, 0.1) is 18.7 Å². The van der Waals surface area contributed by atoms with E-state index >= 15 is 0 Å². The smallest absolute Gasteiger partial charge is 0.434 e. The second-order valence-corrected chi connectivity index (χ2v) is 10.8. The van der Waals surface area contributed by atoms with Crippen molar-refractivity contribution >= 4 is 17.1 Å². The molecule has 0 bridgehead atoms. The standard InChI is InChI=1S/C28H35FN4O5/c1-17(2)16-36-28(35)37-23-5-4-11-33-26(23)30-18(3)21(27(33)34)10-14-32-12-8-19(9-13-32)25-22-7-6-20(29)15-24(22)38-31-25/h6-7,15,17,19,23H,4-5,8-14,16H2,1-3H3. The van der Waals surface area contributed by atoms with Gasteiger partial charge in [-0.1, -0.05) is 19.0 Å². The lowest BCUT2D eigenvalue weighted by Crippen LogP contribution is -2.38. The molecule has 5 rings (SSSR count). The van der Waals surface area contributed by atoms with Gasteiger partial charge in [-0.2, -0.15) is 0 Å². The average molecular weight is 527 g/mol. The van der Waals surface area contributed by atoms with Crippen molar-refractivity contribution in [2.75, 3.05) is 26.2 Å². The lowest BCUT2D eigenvalue weighted by Gasteiger charge is -2.31. The minimum atomic E-state index is -0.720. The molecule has 10 heteroatoms. The summed E-state index contributed by atoms with van der Waals surface area (Å²) in [4.78, 5) is 32.6. The van der Waals surface area contributed by atoms with E-state index in [2.05, 4.69) is 10.1 Å². The van der Waals surface area contributed by atoms with Crippen LogP contribution in [0.2, 0.25) is 0 Å². The van der Waals surface area contributed by atoms with Crippen molar-refractivity contribution in [2.45, 2.75) is 71.4 Å². The van der Waals surface area contributed by atoms with Crippen LogP contribution in [0.25, 0.3) is 11.0 Å². The lowest BCUT2D eigenvalue weighted by molar-refractivity contribution is 0.00475. The maximum absolute atomic E-state index is 13.5. The van der Waals surface area contributed by atoms with Gasteiger partial charge in [0.15, 0.2) is 17.5 Å². The lowest BCUT2D eigenvalue weighted by atomic mass is 9.91. The Bertz CT molecular complexity index is 1360. The summed E-state index contributed by atoms with van der Waals surface area (Å²) in [6.07, 6.45) is 2.50. The molecule has 1 aromatic carbocycles. The molecule has 204 valence electrons. The van der Waals surface area contributed by atoms with Crippen LogP contribution in [-0.4, -0.2) is 52.0 Å². The number of halogens is 1. The summed E-state index contributed by atoms with van der Waals surface area (Å²) in [5, 5.41) is 5.11. The first kappa shape index (κ1) is 26.3. The minimum Gasteiger partial charge on any atom is -0.434 e. The number of carbonyl (C=O) groups excluding carboxylic acids is 1. The number of hydrogen-bond acceptors (Lipinski definition) is 8. The van der Waals surface area contributed by atoms with Crippen molar-refractivity contribution in [1.29, 1.82) is 0 Å². The fraction of sp³-hybridized carbons (Fsp3) is 0.571. The first-order valence-corrected chi connectivity index (χ1v) is 13.5. The quantitative estimate of drug-likeness (QED) is 0.401. The van der Waals surface area contributed by atoms with E-state index in [1.807, 2.05) is 20.8 Å². The maximum Gasteiger partial charge on any atom is 0.509 e. The summed E-state index contributed by atoms with van der Waals surface area (Å²) in [5.41, 5.74) is 2.73. The molecule has 2 aliphatic rings. The zero-order valence-corrected chi connectivity index (χ0v) is 22.2. The van der Waals surface area contributed by atoms with E-state index in [0.29, 0.717) is 42.1 Å². The summed E-state index contributed by atoms with van der Waals surface area (Å²) in [6.45, 7) is 9.15. The highest BCUT2D eigenvalue weighted by molar-refractivity contribution is 5.79. The number of carbonyl (C=O) groups is 1. The number of piperidine rings is 1. The number of benzene rings is 1. The van der Waals surface area contributed by atoms with Crippen LogP contribution in [0.3, 0.4) is 0 Å². The fourth-order valence-corrected chi connectivity index (χ4v) is 5.46. The van der Waals surface area contributed by atoms with Crippen molar-refractivity contribution in [3.63, 3.8) is 0 Å². The van der Waals surface area contributed by atoms with Crippen molar-refractivity contribution in [2.24, 2.45) is 5.92 Å². The van der Waals surface area contributed by atoms with E-state index in [1.54, 1.807) is 10.6 Å². The highest BCUT2D eigenvalue weighted by Crippen LogP contribution is 2.33. The SMILES string of the molecule is Cc1nc2n(c(=O)c1CCN1CCC(c3noc4cc(F)ccc34)CC1)CCCC2OC(=O)OCC(C)C. The topological polar surface area (TPSA) is 99.7 Å². The zero-order valence-electron chi connectivity index (χ0n) is 22.2. The maximum atomic E-state index is 13.5. The summed E-state index contributed by atoms with van der Waals surface area (Å²) in [5.74, 6) is 0.653. The van der Waals surface area contributed by atoms with Crippen LogP contribution in [0.4, 0.5) is 9.18 Å². The van der Waals surface area contributed by atoms with Gasteiger partial charge in [-0.05, 0) is 70.2 Å². The van der Waals surface area contributed by atoms with Crippen LogP contribution >= 0.6 is 0 Å². The molecule has 0 aliphatic carbocycles. The number of likely N-dealkylation sites (tertiary alicyclic amines) is 1. The van der Waals surface area contributed by atoms with E-state index < -0.39 is 12.3 Å². The molecule has 2 aromatic heterocycles. The number of ether oxygens (including phenoxy) is 2.